The van der Waals surface area contributed by atoms with E-state index in [1.54, 1.807) is 0 Å². The van der Waals surface area contributed by atoms with Crippen molar-refractivity contribution in [3.63, 3.8) is 0 Å². The van der Waals surface area contributed by atoms with Gasteiger partial charge in [-0.1, -0.05) is 20.8 Å². The first kappa shape index (κ1) is 15.3. The van der Waals surface area contributed by atoms with Gasteiger partial charge in [0.1, 0.15) is 0 Å². The van der Waals surface area contributed by atoms with Gasteiger partial charge in [-0.3, -0.25) is 4.79 Å². The highest BCUT2D eigenvalue weighted by molar-refractivity contribution is 5.66. The van der Waals surface area contributed by atoms with Crippen LogP contribution in [0.2, 0.25) is 0 Å². The normalized spacial score (nSPS) is 56.3. The molecule has 4 saturated carbocycles. The summed E-state index contributed by atoms with van der Waals surface area (Å²) in [6.45, 7) is 6.75. The van der Waals surface area contributed by atoms with Gasteiger partial charge in [-0.25, -0.2) is 0 Å². The van der Waals surface area contributed by atoms with E-state index in [2.05, 4.69) is 20.8 Å². The smallest absolute Gasteiger partial charge is 0.303 e. The molecule has 3 nitrogen and oxygen atoms in total. The summed E-state index contributed by atoms with van der Waals surface area (Å²) in [7, 11) is 0. The Hall–Kier alpha value is -0.570. The van der Waals surface area contributed by atoms with Crippen molar-refractivity contribution in [1.82, 2.24) is 0 Å². The molecule has 2 N–H and O–H groups in total. The summed E-state index contributed by atoms with van der Waals surface area (Å²) in [5.74, 6) is 1.26. The van der Waals surface area contributed by atoms with Gasteiger partial charge in [0.15, 0.2) is 0 Å². The Morgan fingerprint density at radius 1 is 1.11 bits per heavy atom. The molecule has 4 rings (SSSR count). The lowest BCUT2D eigenvalue weighted by Crippen LogP contribution is -2.54. The van der Waals surface area contributed by atoms with Crippen LogP contribution in [-0.4, -0.2) is 22.3 Å². The molecule has 0 spiro atoms. The van der Waals surface area contributed by atoms with E-state index in [9.17, 15) is 9.90 Å². The standard InChI is InChI=1S/C24H40O3/c1-15(4-9-22(26)27)19-7-8-20-18-6-5-16-14-17(25)10-12-23(16,2)21(18)11-13-24(19,20)3/h15-21,25H,4-14H2,1-3H3,(H,26,27)/i10D2,14D2. The number of aliphatic hydroxyl groups is 1. The third-order valence-electron chi connectivity index (χ3n) is 9.48. The zero-order chi connectivity index (χ0) is 23.0. The Labute approximate surface area is 170 Å². The maximum absolute atomic E-state index is 11.1. The second-order valence-corrected chi connectivity index (χ2v) is 10.6. The first-order valence-corrected chi connectivity index (χ1v) is 11.1. The molecule has 154 valence electrons. The molecular weight excluding hydrogens is 336 g/mol. The van der Waals surface area contributed by atoms with Gasteiger partial charge in [0, 0.05) is 11.9 Å². The van der Waals surface area contributed by atoms with Gasteiger partial charge in [-0.15, -0.1) is 0 Å². The average Bonchev–Trinajstić information content (AvgIpc) is 3.01. The van der Waals surface area contributed by atoms with E-state index in [0.717, 1.165) is 44.9 Å². The molecule has 0 radical (unpaired) electrons. The van der Waals surface area contributed by atoms with Crippen molar-refractivity contribution in [1.29, 1.82) is 0 Å². The van der Waals surface area contributed by atoms with Gasteiger partial charge in [0.05, 0.1) is 6.10 Å². The van der Waals surface area contributed by atoms with Gasteiger partial charge in [0.25, 0.3) is 0 Å². The third kappa shape index (κ3) is 3.16. The number of carboxylic acid groups (broad SMARTS) is 1. The monoisotopic (exact) mass is 380 g/mol. The average molecular weight is 381 g/mol. The number of carboxylic acids is 1. The summed E-state index contributed by atoms with van der Waals surface area (Å²) in [5, 5.41) is 19.6. The number of hydrogen-bond donors (Lipinski definition) is 2. The Morgan fingerprint density at radius 2 is 1.85 bits per heavy atom. The van der Waals surface area contributed by atoms with Crippen LogP contribution in [0.15, 0.2) is 0 Å². The summed E-state index contributed by atoms with van der Waals surface area (Å²) >= 11 is 0. The molecule has 27 heavy (non-hydrogen) atoms. The summed E-state index contributed by atoms with van der Waals surface area (Å²) in [6.07, 6.45) is 1.91. The van der Waals surface area contributed by atoms with Crippen LogP contribution in [0.3, 0.4) is 0 Å². The number of hydrogen-bond acceptors (Lipinski definition) is 2. The SMILES string of the molecule is [2H]C1([2H])CC2(C)C3CCC4(C)C(C(C)CCC(=O)O)CCC4C3CCC2C([2H])([2H])C1O. The molecule has 0 aromatic heterocycles. The minimum Gasteiger partial charge on any atom is -0.481 e. The van der Waals surface area contributed by atoms with Crippen LogP contribution >= 0.6 is 0 Å². The van der Waals surface area contributed by atoms with Crippen molar-refractivity contribution >= 4 is 5.97 Å². The maximum Gasteiger partial charge on any atom is 0.303 e. The fraction of sp³-hybridized carbons (Fsp3) is 0.958. The van der Waals surface area contributed by atoms with Crippen molar-refractivity contribution in [2.45, 2.75) is 97.4 Å². The second-order valence-electron chi connectivity index (χ2n) is 10.6. The Morgan fingerprint density at radius 3 is 2.59 bits per heavy atom. The molecule has 0 amide bonds. The highest BCUT2D eigenvalue weighted by Crippen LogP contribution is 2.68. The molecule has 0 aromatic rings. The van der Waals surface area contributed by atoms with Crippen molar-refractivity contribution in [3.8, 4) is 0 Å². The van der Waals surface area contributed by atoms with Crippen LogP contribution in [0, 0.1) is 46.3 Å². The molecule has 0 heterocycles. The van der Waals surface area contributed by atoms with E-state index < -0.39 is 30.2 Å². The van der Waals surface area contributed by atoms with Gasteiger partial charge in [-0.2, -0.15) is 0 Å². The number of aliphatic carboxylic acids is 1. The number of fused-ring (bicyclic) bond motifs is 5. The molecule has 0 bridgehead atoms. The van der Waals surface area contributed by atoms with Crippen molar-refractivity contribution in [2.24, 2.45) is 46.3 Å². The van der Waals surface area contributed by atoms with E-state index in [1.165, 1.54) is 0 Å². The first-order valence-electron chi connectivity index (χ1n) is 13.1. The largest absolute Gasteiger partial charge is 0.481 e. The zero-order valence-electron chi connectivity index (χ0n) is 21.2. The highest BCUT2D eigenvalue weighted by Gasteiger charge is 2.60. The van der Waals surface area contributed by atoms with E-state index in [1.807, 2.05) is 0 Å². The molecule has 0 aromatic carbocycles. The number of rotatable bonds is 4. The van der Waals surface area contributed by atoms with E-state index in [4.69, 9.17) is 10.6 Å². The predicted molar refractivity (Wildman–Crippen MR) is 107 cm³/mol. The van der Waals surface area contributed by atoms with Gasteiger partial charge in [-0.05, 0) is 110 Å². The highest BCUT2D eigenvalue weighted by atomic mass is 16.4. The van der Waals surface area contributed by atoms with Crippen LogP contribution in [-0.2, 0) is 4.79 Å². The molecule has 9 unspecified atom stereocenters. The van der Waals surface area contributed by atoms with Crippen LogP contribution in [0.1, 0.15) is 96.8 Å². The van der Waals surface area contributed by atoms with Crippen molar-refractivity contribution < 1.29 is 20.5 Å². The summed E-state index contributed by atoms with van der Waals surface area (Å²) in [5.41, 5.74) is -0.224. The van der Waals surface area contributed by atoms with Crippen molar-refractivity contribution in [3.05, 3.63) is 0 Å². The maximum atomic E-state index is 11.1. The molecule has 0 saturated heterocycles. The lowest BCUT2D eigenvalue weighted by molar-refractivity contribution is -0.138. The lowest BCUT2D eigenvalue weighted by Gasteiger charge is -2.61. The molecule has 0 aliphatic heterocycles. The topological polar surface area (TPSA) is 57.5 Å². The number of carbonyl (C=O) groups is 1. The zero-order valence-corrected chi connectivity index (χ0v) is 17.2. The summed E-state index contributed by atoms with van der Waals surface area (Å²) in [4.78, 5) is 11.1. The Balaban J connectivity index is 1.59. The molecule has 4 aliphatic rings. The van der Waals surface area contributed by atoms with Gasteiger partial charge in [0.2, 0.25) is 0 Å². The van der Waals surface area contributed by atoms with E-state index >= 15 is 0 Å². The summed E-state index contributed by atoms with van der Waals surface area (Å²) < 4.78 is 34.1. The van der Waals surface area contributed by atoms with Gasteiger partial charge >= 0.3 is 5.97 Å². The fourth-order valence-electron chi connectivity index (χ4n) is 8.08. The first-order chi connectivity index (χ1) is 14.2. The van der Waals surface area contributed by atoms with Crippen LogP contribution in [0.5, 0.6) is 0 Å². The Kier molecular flexibility index (Phi) is 3.99. The van der Waals surface area contributed by atoms with E-state index in [-0.39, 0.29) is 24.2 Å². The van der Waals surface area contributed by atoms with E-state index in [0.29, 0.717) is 29.6 Å². The molecule has 9 atom stereocenters. The predicted octanol–water partition coefficient (Wildman–Crippen LogP) is 5.51. The minimum absolute atomic E-state index is 0.203. The second kappa shape index (κ2) is 7.04. The van der Waals surface area contributed by atoms with Crippen LogP contribution in [0.25, 0.3) is 0 Å². The van der Waals surface area contributed by atoms with Crippen LogP contribution < -0.4 is 0 Å². The molecular formula is C24H40O3. The molecule has 4 fully saturated rings. The van der Waals surface area contributed by atoms with Crippen molar-refractivity contribution in [2.75, 3.05) is 0 Å². The molecule has 3 heteroatoms. The fourth-order valence-corrected chi connectivity index (χ4v) is 8.08. The van der Waals surface area contributed by atoms with Gasteiger partial charge < -0.3 is 10.2 Å². The Bertz CT molecular complexity index is 728. The minimum atomic E-state index is -1.90. The quantitative estimate of drug-likeness (QED) is 0.676. The summed E-state index contributed by atoms with van der Waals surface area (Å²) in [6, 6.07) is 0. The lowest BCUT2D eigenvalue weighted by atomic mass is 9.44. The molecule has 4 aliphatic carbocycles. The third-order valence-corrected chi connectivity index (χ3v) is 9.48. The number of aliphatic hydroxyl groups excluding tert-OH is 1. The van der Waals surface area contributed by atoms with Crippen LogP contribution in [0.4, 0.5) is 0 Å².